The van der Waals surface area contributed by atoms with Crippen LogP contribution in [0.3, 0.4) is 0 Å². The molecular formula is C29H29NO3. The Morgan fingerprint density at radius 1 is 0.455 bits per heavy atom. The van der Waals surface area contributed by atoms with Crippen LogP contribution in [-0.2, 0) is 13.0 Å². The van der Waals surface area contributed by atoms with Crippen LogP contribution in [0.1, 0.15) is 11.1 Å². The number of rotatable bonds is 12. The van der Waals surface area contributed by atoms with Gasteiger partial charge < -0.3 is 19.5 Å². The minimum atomic E-state index is 0.501. The van der Waals surface area contributed by atoms with Gasteiger partial charge in [-0.2, -0.15) is 0 Å². The first kappa shape index (κ1) is 22.3. The van der Waals surface area contributed by atoms with Gasteiger partial charge in [-0.15, -0.1) is 0 Å². The number of nitrogens with one attached hydrogen (secondary N) is 1. The smallest absolute Gasteiger partial charge is 0.122 e. The highest BCUT2D eigenvalue weighted by atomic mass is 16.5. The lowest BCUT2D eigenvalue weighted by molar-refractivity contribution is 0.217. The Morgan fingerprint density at radius 3 is 1.61 bits per heavy atom. The van der Waals surface area contributed by atoms with Gasteiger partial charge in [0, 0.05) is 18.7 Å². The largest absolute Gasteiger partial charge is 0.493 e. The summed E-state index contributed by atoms with van der Waals surface area (Å²) in [6, 6.07) is 36.4. The van der Waals surface area contributed by atoms with Crippen molar-refractivity contribution in [3.05, 3.63) is 120 Å². The molecule has 4 rings (SSSR count). The minimum Gasteiger partial charge on any atom is -0.493 e. The molecule has 0 aromatic heterocycles. The van der Waals surface area contributed by atoms with Crippen LogP contribution < -0.4 is 19.5 Å². The zero-order valence-corrected chi connectivity index (χ0v) is 18.7. The molecule has 4 heteroatoms. The summed E-state index contributed by atoms with van der Waals surface area (Å²) in [5, 5.41) is 3.44. The minimum absolute atomic E-state index is 0.501. The van der Waals surface area contributed by atoms with Gasteiger partial charge in [-0.3, -0.25) is 0 Å². The van der Waals surface area contributed by atoms with Crippen LogP contribution in [0.15, 0.2) is 109 Å². The number of hydrogen-bond acceptors (Lipinski definition) is 4. The summed E-state index contributed by atoms with van der Waals surface area (Å²) in [5.41, 5.74) is 3.53. The van der Waals surface area contributed by atoms with E-state index in [1.807, 2.05) is 72.8 Å². The van der Waals surface area contributed by atoms with Crippen molar-refractivity contribution in [1.29, 1.82) is 0 Å². The standard InChI is InChI=1S/C29H29NO3/c1-3-7-24(8-4-1)19-20-31-28-15-11-25(12-16-28)23-30-26-13-17-29(18-14-26)33-22-21-32-27-9-5-2-6-10-27/h1-18,30H,19-23H2. The van der Waals surface area contributed by atoms with Gasteiger partial charge in [-0.25, -0.2) is 0 Å². The van der Waals surface area contributed by atoms with E-state index in [0.29, 0.717) is 19.8 Å². The van der Waals surface area contributed by atoms with E-state index in [-0.39, 0.29) is 0 Å². The average molecular weight is 440 g/mol. The first-order valence-electron chi connectivity index (χ1n) is 11.3. The summed E-state index contributed by atoms with van der Waals surface area (Å²) in [7, 11) is 0. The van der Waals surface area contributed by atoms with Gasteiger partial charge in [0.1, 0.15) is 30.5 Å². The number of anilines is 1. The second-order valence-electron chi connectivity index (χ2n) is 7.62. The highest BCUT2D eigenvalue weighted by Crippen LogP contribution is 2.18. The van der Waals surface area contributed by atoms with Crippen LogP contribution in [0.2, 0.25) is 0 Å². The molecule has 0 atom stereocenters. The van der Waals surface area contributed by atoms with Crippen LogP contribution in [0.5, 0.6) is 17.2 Å². The number of hydrogen-bond donors (Lipinski definition) is 1. The molecule has 0 spiro atoms. The molecule has 1 N–H and O–H groups in total. The van der Waals surface area contributed by atoms with Crippen molar-refractivity contribution < 1.29 is 14.2 Å². The maximum atomic E-state index is 5.86. The fourth-order valence-electron chi connectivity index (χ4n) is 3.34. The molecule has 33 heavy (non-hydrogen) atoms. The first-order chi connectivity index (χ1) is 16.3. The van der Waals surface area contributed by atoms with Crippen LogP contribution in [0.25, 0.3) is 0 Å². The molecule has 0 aliphatic rings. The van der Waals surface area contributed by atoms with E-state index in [2.05, 4.69) is 41.7 Å². The van der Waals surface area contributed by atoms with Gasteiger partial charge >= 0.3 is 0 Å². The van der Waals surface area contributed by atoms with E-state index < -0.39 is 0 Å². The van der Waals surface area contributed by atoms with E-state index in [9.17, 15) is 0 Å². The normalized spacial score (nSPS) is 10.4. The zero-order chi connectivity index (χ0) is 22.6. The second-order valence-corrected chi connectivity index (χ2v) is 7.62. The van der Waals surface area contributed by atoms with E-state index >= 15 is 0 Å². The molecule has 4 aromatic rings. The van der Waals surface area contributed by atoms with E-state index in [1.54, 1.807) is 0 Å². The summed E-state index contributed by atoms with van der Waals surface area (Å²) in [4.78, 5) is 0. The number of ether oxygens (including phenoxy) is 3. The van der Waals surface area contributed by atoms with Gasteiger partial charge in [0.05, 0.1) is 6.61 Å². The van der Waals surface area contributed by atoms with Crippen molar-refractivity contribution in [2.75, 3.05) is 25.1 Å². The Morgan fingerprint density at radius 2 is 0.970 bits per heavy atom. The van der Waals surface area contributed by atoms with Crippen molar-refractivity contribution in [3.8, 4) is 17.2 Å². The van der Waals surface area contributed by atoms with Crippen LogP contribution in [-0.4, -0.2) is 19.8 Å². The SMILES string of the molecule is c1ccc(CCOc2ccc(CNc3ccc(OCCOc4ccccc4)cc3)cc2)cc1. The molecule has 168 valence electrons. The summed E-state index contributed by atoms with van der Waals surface area (Å²) >= 11 is 0. The van der Waals surface area contributed by atoms with Crippen molar-refractivity contribution in [3.63, 3.8) is 0 Å². The summed E-state index contributed by atoms with van der Waals surface area (Å²) in [6.07, 6.45) is 0.907. The van der Waals surface area contributed by atoms with E-state index in [0.717, 1.165) is 35.9 Å². The third-order valence-electron chi connectivity index (χ3n) is 5.14. The average Bonchev–Trinajstić information content (AvgIpc) is 2.88. The lowest BCUT2D eigenvalue weighted by Gasteiger charge is -2.11. The maximum Gasteiger partial charge on any atom is 0.122 e. The van der Waals surface area contributed by atoms with E-state index in [1.165, 1.54) is 11.1 Å². The predicted molar refractivity (Wildman–Crippen MR) is 133 cm³/mol. The van der Waals surface area contributed by atoms with E-state index in [4.69, 9.17) is 14.2 Å². The van der Waals surface area contributed by atoms with Gasteiger partial charge in [0.15, 0.2) is 0 Å². The topological polar surface area (TPSA) is 39.7 Å². The molecular weight excluding hydrogens is 410 g/mol. The van der Waals surface area contributed by atoms with Gasteiger partial charge in [0.25, 0.3) is 0 Å². The van der Waals surface area contributed by atoms with Crippen molar-refractivity contribution in [2.24, 2.45) is 0 Å². The summed E-state index contributed by atoms with van der Waals surface area (Å²) in [5.74, 6) is 2.58. The molecule has 0 saturated heterocycles. The predicted octanol–water partition coefficient (Wildman–Crippen LogP) is 6.38. The van der Waals surface area contributed by atoms with Crippen LogP contribution >= 0.6 is 0 Å². The molecule has 0 radical (unpaired) electrons. The quantitative estimate of drug-likeness (QED) is 0.260. The van der Waals surface area contributed by atoms with Gasteiger partial charge in [-0.05, 0) is 59.7 Å². The lowest BCUT2D eigenvalue weighted by atomic mass is 10.2. The Balaban J connectivity index is 1.14. The number of benzene rings is 4. The van der Waals surface area contributed by atoms with Crippen molar-refractivity contribution >= 4 is 5.69 Å². The lowest BCUT2D eigenvalue weighted by Crippen LogP contribution is -2.08. The number of para-hydroxylation sites is 1. The fraction of sp³-hybridized carbons (Fsp3) is 0.172. The molecule has 0 unspecified atom stereocenters. The van der Waals surface area contributed by atoms with Gasteiger partial charge in [0.2, 0.25) is 0 Å². The summed E-state index contributed by atoms with van der Waals surface area (Å²) < 4.78 is 17.3. The van der Waals surface area contributed by atoms with Crippen LogP contribution in [0, 0.1) is 0 Å². The summed E-state index contributed by atoms with van der Waals surface area (Å²) in [6.45, 7) is 2.43. The second kappa shape index (κ2) is 12.2. The first-order valence-corrected chi connectivity index (χ1v) is 11.3. The fourth-order valence-corrected chi connectivity index (χ4v) is 3.34. The monoisotopic (exact) mass is 439 g/mol. The van der Waals surface area contributed by atoms with Crippen molar-refractivity contribution in [1.82, 2.24) is 0 Å². The Hall–Kier alpha value is -3.92. The van der Waals surface area contributed by atoms with Crippen LogP contribution in [0.4, 0.5) is 5.69 Å². The molecule has 0 saturated carbocycles. The molecule has 0 amide bonds. The Labute approximate surface area is 195 Å². The molecule has 0 fully saturated rings. The van der Waals surface area contributed by atoms with Crippen molar-refractivity contribution in [2.45, 2.75) is 13.0 Å². The molecule has 0 aliphatic heterocycles. The molecule has 4 aromatic carbocycles. The maximum absolute atomic E-state index is 5.86. The highest BCUT2D eigenvalue weighted by Gasteiger charge is 2.00. The zero-order valence-electron chi connectivity index (χ0n) is 18.7. The molecule has 0 bridgehead atoms. The molecule has 0 heterocycles. The molecule has 4 nitrogen and oxygen atoms in total. The third-order valence-corrected chi connectivity index (χ3v) is 5.14. The highest BCUT2D eigenvalue weighted by molar-refractivity contribution is 5.47. The molecule has 0 aliphatic carbocycles. The Kier molecular flexibility index (Phi) is 8.24. The Bertz CT molecular complexity index is 1070. The third kappa shape index (κ3) is 7.62. The van der Waals surface area contributed by atoms with Gasteiger partial charge in [-0.1, -0.05) is 60.7 Å².